The number of aromatic nitrogens is 2. The Labute approximate surface area is 140 Å². The van der Waals surface area contributed by atoms with Crippen LogP contribution < -0.4 is 5.32 Å². The summed E-state index contributed by atoms with van der Waals surface area (Å²) in [7, 11) is 3.34. The number of anilines is 1. The number of hydrogen-bond donors (Lipinski definition) is 1. The first-order valence-electron chi connectivity index (χ1n) is 7.77. The summed E-state index contributed by atoms with van der Waals surface area (Å²) in [5.74, 6) is -0.596. The monoisotopic (exact) mass is 328 g/mol. The van der Waals surface area contributed by atoms with Gasteiger partial charge in [-0.2, -0.15) is 5.10 Å². The van der Waals surface area contributed by atoms with Crippen molar-refractivity contribution in [2.45, 2.75) is 12.5 Å². The first-order valence-corrected chi connectivity index (χ1v) is 7.77. The lowest BCUT2D eigenvalue weighted by Gasteiger charge is -2.30. The molecule has 0 fully saturated rings. The van der Waals surface area contributed by atoms with Gasteiger partial charge < -0.3 is 15.0 Å². The Morgan fingerprint density at radius 2 is 2.21 bits per heavy atom. The topological polar surface area (TPSA) is 76.5 Å². The standard InChI is InChI=1S/C17H20N4O3/c1-20-11-15(13-5-3-4-6-14(13)17(20)23)16(22)19-12-9-18-21(10-12)7-8-24-2/h3-6,9-10,15H,7-8,11H2,1-2H3,(H,19,22). The van der Waals surface area contributed by atoms with Gasteiger partial charge in [0.1, 0.15) is 0 Å². The normalized spacial score (nSPS) is 16.8. The summed E-state index contributed by atoms with van der Waals surface area (Å²) in [5.41, 5.74) is 1.99. The molecule has 1 aliphatic rings. The largest absolute Gasteiger partial charge is 0.383 e. The highest BCUT2D eigenvalue weighted by Gasteiger charge is 2.33. The molecule has 1 aromatic heterocycles. The van der Waals surface area contributed by atoms with E-state index in [1.54, 1.807) is 42.2 Å². The van der Waals surface area contributed by atoms with Crippen LogP contribution in [0, 0.1) is 0 Å². The Balaban J connectivity index is 1.76. The van der Waals surface area contributed by atoms with Crippen LogP contribution in [0.5, 0.6) is 0 Å². The SMILES string of the molecule is COCCn1cc(NC(=O)C2CN(C)C(=O)c3ccccc32)cn1. The number of amides is 2. The maximum Gasteiger partial charge on any atom is 0.253 e. The van der Waals surface area contributed by atoms with Crippen LogP contribution >= 0.6 is 0 Å². The van der Waals surface area contributed by atoms with Gasteiger partial charge in [-0.15, -0.1) is 0 Å². The first kappa shape index (κ1) is 16.2. The molecule has 1 N–H and O–H groups in total. The van der Waals surface area contributed by atoms with Gasteiger partial charge in [0.25, 0.3) is 5.91 Å². The van der Waals surface area contributed by atoms with Crippen LogP contribution in [0.15, 0.2) is 36.7 Å². The average Bonchev–Trinajstić information content (AvgIpc) is 3.03. The Morgan fingerprint density at radius 3 is 3.00 bits per heavy atom. The Bertz CT molecular complexity index is 756. The molecule has 2 heterocycles. The number of fused-ring (bicyclic) bond motifs is 1. The highest BCUT2D eigenvalue weighted by Crippen LogP contribution is 2.28. The summed E-state index contributed by atoms with van der Waals surface area (Å²) in [4.78, 5) is 26.5. The number of rotatable bonds is 5. The van der Waals surface area contributed by atoms with Crippen molar-refractivity contribution in [3.8, 4) is 0 Å². The predicted octanol–water partition coefficient (Wildman–Crippen LogP) is 1.34. The minimum atomic E-state index is -0.397. The Kier molecular flexibility index (Phi) is 4.61. The van der Waals surface area contributed by atoms with E-state index in [2.05, 4.69) is 10.4 Å². The van der Waals surface area contributed by atoms with E-state index >= 15 is 0 Å². The number of methoxy groups -OCH3 is 1. The van der Waals surface area contributed by atoms with Gasteiger partial charge in [0.05, 0.1) is 31.0 Å². The van der Waals surface area contributed by atoms with Crippen LogP contribution in [0.4, 0.5) is 5.69 Å². The van der Waals surface area contributed by atoms with Crippen LogP contribution in [0.25, 0.3) is 0 Å². The van der Waals surface area contributed by atoms with Crippen LogP contribution in [0.3, 0.4) is 0 Å². The average molecular weight is 328 g/mol. The molecule has 0 aliphatic carbocycles. The van der Waals surface area contributed by atoms with Crippen molar-refractivity contribution in [3.05, 3.63) is 47.8 Å². The first-order chi connectivity index (χ1) is 11.6. The van der Waals surface area contributed by atoms with Crippen molar-refractivity contribution < 1.29 is 14.3 Å². The van der Waals surface area contributed by atoms with Crippen LogP contribution in [0.2, 0.25) is 0 Å². The van der Waals surface area contributed by atoms with Crippen molar-refractivity contribution in [3.63, 3.8) is 0 Å². The minimum absolute atomic E-state index is 0.0537. The molecule has 0 radical (unpaired) electrons. The van der Waals surface area contributed by atoms with Crippen molar-refractivity contribution in [1.82, 2.24) is 14.7 Å². The molecular weight excluding hydrogens is 308 g/mol. The zero-order valence-corrected chi connectivity index (χ0v) is 13.7. The van der Waals surface area contributed by atoms with Crippen molar-refractivity contribution in [2.75, 3.05) is 32.6 Å². The number of nitrogens with one attached hydrogen (secondary N) is 1. The zero-order valence-electron chi connectivity index (χ0n) is 13.7. The van der Waals surface area contributed by atoms with Gasteiger partial charge in [0.2, 0.25) is 5.91 Å². The highest BCUT2D eigenvalue weighted by atomic mass is 16.5. The third kappa shape index (κ3) is 3.16. The molecule has 1 aromatic carbocycles. The van der Waals surface area contributed by atoms with Crippen LogP contribution in [-0.4, -0.2) is 53.8 Å². The number of nitrogens with zero attached hydrogens (tertiary/aromatic N) is 3. The third-order valence-corrected chi connectivity index (χ3v) is 4.11. The lowest BCUT2D eigenvalue weighted by molar-refractivity contribution is -0.117. The van der Waals surface area contributed by atoms with E-state index in [4.69, 9.17) is 4.74 Å². The fourth-order valence-electron chi connectivity index (χ4n) is 2.85. The molecule has 24 heavy (non-hydrogen) atoms. The van der Waals surface area contributed by atoms with E-state index in [9.17, 15) is 9.59 Å². The zero-order chi connectivity index (χ0) is 17.1. The molecule has 7 heteroatoms. The van der Waals surface area contributed by atoms with Crippen molar-refractivity contribution in [1.29, 1.82) is 0 Å². The number of benzene rings is 1. The summed E-state index contributed by atoms with van der Waals surface area (Å²) in [5, 5.41) is 7.06. The lowest BCUT2D eigenvalue weighted by atomic mass is 9.89. The summed E-state index contributed by atoms with van der Waals surface area (Å²) >= 11 is 0. The summed E-state index contributed by atoms with van der Waals surface area (Å²) in [6.45, 7) is 1.54. The molecular formula is C17H20N4O3. The van der Waals surface area contributed by atoms with E-state index in [0.717, 1.165) is 5.56 Å². The maximum absolute atomic E-state index is 12.7. The fourth-order valence-corrected chi connectivity index (χ4v) is 2.85. The van der Waals surface area contributed by atoms with Gasteiger partial charge in [-0.05, 0) is 11.6 Å². The molecule has 7 nitrogen and oxygen atoms in total. The molecule has 1 unspecified atom stereocenters. The molecule has 2 aromatic rings. The van der Waals surface area contributed by atoms with E-state index < -0.39 is 5.92 Å². The van der Waals surface area contributed by atoms with Crippen molar-refractivity contribution >= 4 is 17.5 Å². The van der Waals surface area contributed by atoms with Gasteiger partial charge in [-0.1, -0.05) is 18.2 Å². The number of carbonyl (C=O) groups excluding carboxylic acids is 2. The Hall–Kier alpha value is -2.67. The van der Waals surface area contributed by atoms with Crippen LogP contribution in [-0.2, 0) is 16.1 Å². The number of likely N-dealkylation sites (N-methyl/N-ethyl adjacent to an activating group) is 1. The summed E-state index contributed by atoms with van der Waals surface area (Å²) < 4.78 is 6.72. The second-order valence-electron chi connectivity index (χ2n) is 5.80. The third-order valence-electron chi connectivity index (χ3n) is 4.11. The second-order valence-corrected chi connectivity index (χ2v) is 5.80. The number of ether oxygens (including phenoxy) is 1. The molecule has 1 aliphatic heterocycles. The molecule has 126 valence electrons. The van der Waals surface area contributed by atoms with Gasteiger partial charge in [0.15, 0.2) is 0 Å². The molecule has 1 atom stereocenters. The lowest BCUT2D eigenvalue weighted by Crippen LogP contribution is -2.41. The number of hydrogen-bond acceptors (Lipinski definition) is 4. The Morgan fingerprint density at radius 1 is 1.42 bits per heavy atom. The molecule has 0 saturated carbocycles. The molecule has 2 amide bonds. The van der Waals surface area contributed by atoms with E-state index in [1.165, 1.54) is 0 Å². The summed E-state index contributed by atoms with van der Waals surface area (Å²) in [6.07, 6.45) is 3.37. The molecule has 0 spiro atoms. The smallest absolute Gasteiger partial charge is 0.253 e. The van der Waals surface area contributed by atoms with Crippen molar-refractivity contribution in [2.24, 2.45) is 0 Å². The van der Waals surface area contributed by atoms with E-state index in [-0.39, 0.29) is 11.8 Å². The molecule has 0 saturated heterocycles. The quantitative estimate of drug-likeness (QED) is 0.898. The molecule has 3 rings (SSSR count). The van der Waals surface area contributed by atoms with E-state index in [0.29, 0.717) is 30.9 Å². The molecule has 0 bridgehead atoms. The number of carbonyl (C=O) groups is 2. The highest BCUT2D eigenvalue weighted by molar-refractivity contribution is 6.03. The summed E-state index contributed by atoms with van der Waals surface area (Å²) in [6, 6.07) is 7.26. The maximum atomic E-state index is 12.7. The van der Waals surface area contributed by atoms with Gasteiger partial charge >= 0.3 is 0 Å². The van der Waals surface area contributed by atoms with Gasteiger partial charge in [-0.25, -0.2) is 0 Å². The van der Waals surface area contributed by atoms with Crippen LogP contribution in [0.1, 0.15) is 21.8 Å². The minimum Gasteiger partial charge on any atom is -0.383 e. The second kappa shape index (κ2) is 6.84. The predicted molar refractivity (Wildman–Crippen MR) is 88.9 cm³/mol. The van der Waals surface area contributed by atoms with Gasteiger partial charge in [0, 0.05) is 32.5 Å². The van der Waals surface area contributed by atoms with Gasteiger partial charge in [-0.3, -0.25) is 14.3 Å². The fraction of sp³-hybridized carbons (Fsp3) is 0.353. The van der Waals surface area contributed by atoms with E-state index in [1.807, 2.05) is 18.2 Å².